The molecule has 0 aliphatic rings. The second-order valence-electron chi connectivity index (χ2n) is 8.84. The molecule has 2 amide bonds. The summed E-state index contributed by atoms with van der Waals surface area (Å²) < 4.78 is 10.1. The van der Waals surface area contributed by atoms with E-state index in [-0.39, 0.29) is 6.04 Å². The Bertz CT molecular complexity index is 1130. The number of carbonyl (C=O) groups is 2. The molecule has 8 nitrogen and oxygen atoms in total. The molecule has 2 aromatic carbocycles. The zero-order valence-corrected chi connectivity index (χ0v) is 20.1. The standard InChI is InChI=1S/C26H30N4O4/c1-17-22(18-11-13-20(14-12-18)27-24(31)33-5)15-21(30-29-17)16-23(19-9-7-6-8-10-19)28-25(32)34-26(2,3)4/h6-15,23H,16H2,1-5H3,(H,27,31)(H,28,32). The van der Waals surface area contributed by atoms with Crippen LogP contribution in [0.2, 0.25) is 0 Å². The van der Waals surface area contributed by atoms with Gasteiger partial charge in [0, 0.05) is 17.7 Å². The highest BCUT2D eigenvalue weighted by molar-refractivity contribution is 5.85. The summed E-state index contributed by atoms with van der Waals surface area (Å²) in [6.07, 6.45) is -0.581. The summed E-state index contributed by atoms with van der Waals surface area (Å²) in [5, 5.41) is 14.3. The number of anilines is 1. The molecule has 0 bridgehead atoms. The van der Waals surface area contributed by atoms with Crippen molar-refractivity contribution in [1.29, 1.82) is 0 Å². The average molecular weight is 463 g/mol. The van der Waals surface area contributed by atoms with E-state index < -0.39 is 17.8 Å². The summed E-state index contributed by atoms with van der Waals surface area (Å²) in [4.78, 5) is 23.9. The maximum absolute atomic E-state index is 12.5. The number of hydrogen-bond donors (Lipinski definition) is 2. The van der Waals surface area contributed by atoms with E-state index in [1.54, 1.807) is 12.1 Å². The number of aromatic nitrogens is 2. The molecule has 1 unspecified atom stereocenters. The molecule has 0 spiro atoms. The number of carbonyl (C=O) groups excluding carboxylic acids is 2. The van der Waals surface area contributed by atoms with Crippen LogP contribution in [0.1, 0.15) is 43.8 Å². The Morgan fingerprint density at radius 3 is 2.26 bits per heavy atom. The molecule has 1 heterocycles. The molecule has 34 heavy (non-hydrogen) atoms. The minimum absolute atomic E-state index is 0.340. The lowest BCUT2D eigenvalue weighted by Gasteiger charge is -2.24. The molecule has 0 aliphatic carbocycles. The van der Waals surface area contributed by atoms with Crippen LogP contribution in [-0.4, -0.2) is 35.1 Å². The lowest BCUT2D eigenvalue weighted by atomic mass is 9.99. The predicted molar refractivity (Wildman–Crippen MR) is 130 cm³/mol. The summed E-state index contributed by atoms with van der Waals surface area (Å²) in [6, 6.07) is 18.7. The second kappa shape index (κ2) is 10.8. The van der Waals surface area contributed by atoms with Crippen LogP contribution >= 0.6 is 0 Å². The monoisotopic (exact) mass is 462 g/mol. The van der Waals surface area contributed by atoms with Crippen molar-refractivity contribution in [2.75, 3.05) is 12.4 Å². The van der Waals surface area contributed by atoms with Crippen molar-refractivity contribution in [1.82, 2.24) is 15.5 Å². The molecule has 178 valence electrons. The van der Waals surface area contributed by atoms with Crippen LogP contribution < -0.4 is 10.6 Å². The molecule has 1 atom stereocenters. The van der Waals surface area contributed by atoms with Gasteiger partial charge in [-0.15, -0.1) is 0 Å². The third-order valence-corrected chi connectivity index (χ3v) is 4.96. The van der Waals surface area contributed by atoms with Crippen LogP contribution in [-0.2, 0) is 15.9 Å². The topological polar surface area (TPSA) is 102 Å². The third-order valence-electron chi connectivity index (χ3n) is 4.96. The maximum atomic E-state index is 12.5. The first-order valence-corrected chi connectivity index (χ1v) is 11.0. The Morgan fingerprint density at radius 2 is 1.65 bits per heavy atom. The number of aryl methyl sites for hydroxylation is 1. The molecule has 0 fully saturated rings. The van der Waals surface area contributed by atoms with Crippen molar-refractivity contribution < 1.29 is 19.1 Å². The number of alkyl carbamates (subject to hydrolysis) is 1. The average Bonchev–Trinajstić information content (AvgIpc) is 2.79. The van der Waals surface area contributed by atoms with Gasteiger partial charge in [-0.25, -0.2) is 9.59 Å². The van der Waals surface area contributed by atoms with Crippen LogP contribution in [0, 0.1) is 6.92 Å². The fourth-order valence-corrected chi connectivity index (χ4v) is 3.38. The summed E-state index contributed by atoms with van der Waals surface area (Å²) in [6.45, 7) is 7.37. The molecule has 1 aromatic heterocycles. The number of benzene rings is 2. The molecule has 2 N–H and O–H groups in total. The zero-order chi connectivity index (χ0) is 24.7. The van der Waals surface area contributed by atoms with Crippen molar-refractivity contribution >= 4 is 17.9 Å². The molecule has 8 heteroatoms. The van der Waals surface area contributed by atoms with Crippen LogP contribution in [0.25, 0.3) is 11.1 Å². The van der Waals surface area contributed by atoms with Crippen molar-refractivity contribution in [3.8, 4) is 11.1 Å². The van der Waals surface area contributed by atoms with Gasteiger partial charge in [0.05, 0.1) is 24.5 Å². The van der Waals surface area contributed by atoms with Gasteiger partial charge in [0.1, 0.15) is 5.60 Å². The lowest BCUT2D eigenvalue weighted by Crippen LogP contribution is -2.35. The predicted octanol–water partition coefficient (Wildman–Crippen LogP) is 5.44. The fourth-order valence-electron chi connectivity index (χ4n) is 3.38. The summed E-state index contributed by atoms with van der Waals surface area (Å²) in [5.74, 6) is 0. The van der Waals surface area contributed by atoms with Gasteiger partial charge in [0.15, 0.2) is 0 Å². The van der Waals surface area contributed by atoms with Crippen molar-refractivity contribution in [2.24, 2.45) is 0 Å². The number of rotatable bonds is 6. The highest BCUT2D eigenvalue weighted by Crippen LogP contribution is 2.26. The first-order valence-electron chi connectivity index (χ1n) is 11.0. The fraction of sp³-hybridized carbons (Fsp3) is 0.308. The van der Waals surface area contributed by atoms with Gasteiger partial charge in [-0.2, -0.15) is 10.2 Å². The summed E-state index contributed by atoms with van der Waals surface area (Å²) >= 11 is 0. The summed E-state index contributed by atoms with van der Waals surface area (Å²) in [7, 11) is 1.32. The van der Waals surface area contributed by atoms with Gasteiger partial charge in [-0.3, -0.25) is 5.32 Å². The van der Waals surface area contributed by atoms with E-state index in [4.69, 9.17) is 4.74 Å². The van der Waals surface area contributed by atoms with Crippen molar-refractivity contribution in [3.63, 3.8) is 0 Å². The molecule has 0 saturated carbocycles. The molecule has 3 rings (SSSR count). The number of hydrogen-bond acceptors (Lipinski definition) is 6. The van der Waals surface area contributed by atoms with E-state index >= 15 is 0 Å². The smallest absolute Gasteiger partial charge is 0.411 e. The van der Waals surface area contributed by atoms with E-state index in [1.165, 1.54) is 7.11 Å². The van der Waals surface area contributed by atoms with E-state index in [0.29, 0.717) is 12.1 Å². The first-order chi connectivity index (χ1) is 16.1. The van der Waals surface area contributed by atoms with Crippen molar-refractivity contribution in [3.05, 3.63) is 77.6 Å². The van der Waals surface area contributed by atoms with Crippen LogP contribution in [0.5, 0.6) is 0 Å². The third kappa shape index (κ3) is 7.03. The molecular weight excluding hydrogens is 432 g/mol. The van der Waals surface area contributed by atoms with Gasteiger partial charge in [-0.1, -0.05) is 42.5 Å². The van der Waals surface area contributed by atoms with Crippen LogP contribution in [0.4, 0.5) is 15.3 Å². The maximum Gasteiger partial charge on any atom is 0.411 e. The zero-order valence-electron chi connectivity index (χ0n) is 20.1. The van der Waals surface area contributed by atoms with E-state index in [0.717, 1.165) is 28.1 Å². The second-order valence-corrected chi connectivity index (χ2v) is 8.84. The normalized spacial score (nSPS) is 11.9. The molecule has 0 saturated heterocycles. The molecule has 0 radical (unpaired) electrons. The number of nitrogens with zero attached hydrogens (tertiary/aromatic N) is 2. The number of methoxy groups -OCH3 is 1. The number of ether oxygens (including phenoxy) is 2. The molecule has 3 aromatic rings. The Balaban J connectivity index is 1.84. The quantitative estimate of drug-likeness (QED) is 0.506. The number of amides is 2. The lowest BCUT2D eigenvalue weighted by molar-refractivity contribution is 0.0503. The minimum Gasteiger partial charge on any atom is -0.453 e. The SMILES string of the molecule is COC(=O)Nc1ccc(-c2cc(CC(NC(=O)OC(C)(C)C)c3ccccc3)nnc2C)cc1. The van der Waals surface area contributed by atoms with E-state index in [9.17, 15) is 9.59 Å². The van der Waals surface area contributed by atoms with Gasteiger partial charge in [-0.05, 0) is 57.0 Å². The Kier molecular flexibility index (Phi) is 7.83. The first kappa shape index (κ1) is 24.7. The minimum atomic E-state index is -0.600. The highest BCUT2D eigenvalue weighted by Gasteiger charge is 2.22. The van der Waals surface area contributed by atoms with Gasteiger partial charge in [0.25, 0.3) is 0 Å². The Labute approximate surface area is 199 Å². The number of nitrogens with one attached hydrogen (secondary N) is 2. The molecular formula is C26H30N4O4. The van der Waals surface area contributed by atoms with Gasteiger partial charge in [0.2, 0.25) is 0 Å². The molecule has 0 aliphatic heterocycles. The van der Waals surface area contributed by atoms with E-state index in [2.05, 4.69) is 25.6 Å². The largest absolute Gasteiger partial charge is 0.453 e. The van der Waals surface area contributed by atoms with Gasteiger partial charge < -0.3 is 14.8 Å². The highest BCUT2D eigenvalue weighted by atomic mass is 16.6. The Morgan fingerprint density at radius 1 is 0.971 bits per heavy atom. The van der Waals surface area contributed by atoms with Crippen molar-refractivity contribution in [2.45, 2.75) is 45.8 Å². The van der Waals surface area contributed by atoms with Crippen LogP contribution in [0.15, 0.2) is 60.7 Å². The van der Waals surface area contributed by atoms with E-state index in [1.807, 2.05) is 76.2 Å². The summed E-state index contributed by atoms with van der Waals surface area (Å²) in [5.41, 5.74) is 4.31. The Hall–Kier alpha value is -3.94. The van der Waals surface area contributed by atoms with Gasteiger partial charge >= 0.3 is 12.2 Å². The van der Waals surface area contributed by atoms with Crippen LogP contribution in [0.3, 0.4) is 0 Å².